The van der Waals surface area contributed by atoms with E-state index in [-0.39, 0.29) is 35.0 Å². The highest BCUT2D eigenvalue weighted by Gasteiger charge is 2.30. The Balaban J connectivity index is 1.87. The predicted octanol–water partition coefficient (Wildman–Crippen LogP) is 1.88. The van der Waals surface area contributed by atoms with Gasteiger partial charge in [0.15, 0.2) is 0 Å². The molecule has 0 aliphatic carbocycles. The third-order valence-electron chi connectivity index (χ3n) is 4.35. The van der Waals surface area contributed by atoms with Crippen molar-refractivity contribution in [3.8, 4) is 5.75 Å². The molecule has 1 N–H and O–H groups in total. The normalized spacial score (nSPS) is 14.9. The number of nitro benzene ring substituents is 1. The van der Waals surface area contributed by atoms with Crippen molar-refractivity contribution in [2.75, 3.05) is 38.7 Å². The van der Waals surface area contributed by atoms with Crippen LogP contribution in [0.15, 0.2) is 47.4 Å². The van der Waals surface area contributed by atoms with E-state index in [0.717, 1.165) is 0 Å². The summed E-state index contributed by atoms with van der Waals surface area (Å²) in [5, 5.41) is 13.3. The molecule has 1 saturated heterocycles. The fourth-order valence-corrected chi connectivity index (χ4v) is 4.40. The molecule has 1 heterocycles. The first kappa shape index (κ1) is 20.7. The Labute approximate surface area is 167 Å². The number of hydrogen-bond donors (Lipinski definition) is 1. The highest BCUT2D eigenvalue weighted by Crippen LogP contribution is 2.29. The Morgan fingerprint density at radius 3 is 2.41 bits per heavy atom. The van der Waals surface area contributed by atoms with E-state index in [9.17, 15) is 23.3 Å². The lowest BCUT2D eigenvalue weighted by Crippen LogP contribution is -2.40. The monoisotopic (exact) mass is 421 g/mol. The molecule has 0 unspecified atom stereocenters. The van der Waals surface area contributed by atoms with E-state index in [1.165, 1.54) is 53.9 Å². The summed E-state index contributed by atoms with van der Waals surface area (Å²) in [6.07, 6.45) is 0. The second kappa shape index (κ2) is 8.55. The lowest BCUT2D eigenvalue weighted by atomic mass is 10.2. The van der Waals surface area contributed by atoms with Gasteiger partial charge < -0.3 is 14.8 Å². The van der Waals surface area contributed by atoms with Crippen molar-refractivity contribution in [1.29, 1.82) is 0 Å². The molecule has 0 spiro atoms. The number of hydrogen-bond acceptors (Lipinski definition) is 7. The Morgan fingerprint density at radius 1 is 1.17 bits per heavy atom. The first-order chi connectivity index (χ1) is 13.8. The smallest absolute Gasteiger partial charge is 0.269 e. The van der Waals surface area contributed by atoms with Crippen molar-refractivity contribution in [2.24, 2.45) is 0 Å². The molecule has 1 aliphatic rings. The molecule has 10 nitrogen and oxygen atoms in total. The largest absolute Gasteiger partial charge is 0.495 e. The fourth-order valence-electron chi connectivity index (χ4n) is 2.82. The summed E-state index contributed by atoms with van der Waals surface area (Å²) >= 11 is 0. The minimum atomic E-state index is -3.88. The molecule has 154 valence electrons. The van der Waals surface area contributed by atoms with Crippen LogP contribution in [0.4, 0.5) is 11.4 Å². The topological polar surface area (TPSA) is 128 Å². The Bertz CT molecular complexity index is 1020. The van der Waals surface area contributed by atoms with Gasteiger partial charge >= 0.3 is 0 Å². The van der Waals surface area contributed by atoms with E-state index in [1.54, 1.807) is 0 Å². The van der Waals surface area contributed by atoms with Crippen LogP contribution in [-0.2, 0) is 14.8 Å². The molecule has 3 rings (SSSR count). The van der Waals surface area contributed by atoms with Crippen LogP contribution in [-0.4, -0.2) is 57.0 Å². The molecule has 2 aromatic carbocycles. The highest BCUT2D eigenvalue weighted by molar-refractivity contribution is 7.89. The molecule has 2 aromatic rings. The van der Waals surface area contributed by atoms with Crippen LogP contribution >= 0.6 is 0 Å². The van der Waals surface area contributed by atoms with Crippen molar-refractivity contribution in [3.63, 3.8) is 0 Å². The van der Waals surface area contributed by atoms with Crippen molar-refractivity contribution in [3.05, 3.63) is 58.1 Å². The average Bonchev–Trinajstić information content (AvgIpc) is 2.74. The SMILES string of the molecule is COc1ccc(C(=O)Nc2ccc([N+](=O)[O-])cc2)cc1S(=O)(=O)N1CCOCC1. The fraction of sp³-hybridized carbons (Fsp3) is 0.278. The molecule has 11 heteroatoms. The number of anilines is 1. The lowest BCUT2D eigenvalue weighted by molar-refractivity contribution is -0.384. The van der Waals surface area contributed by atoms with E-state index in [2.05, 4.69) is 5.32 Å². The minimum Gasteiger partial charge on any atom is -0.495 e. The van der Waals surface area contributed by atoms with Gasteiger partial charge in [0.1, 0.15) is 10.6 Å². The van der Waals surface area contributed by atoms with E-state index < -0.39 is 20.9 Å². The molecule has 0 atom stereocenters. The van der Waals surface area contributed by atoms with Gasteiger partial charge in [-0.05, 0) is 30.3 Å². The van der Waals surface area contributed by atoms with Crippen molar-refractivity contribution in [1.82, 2.24) is 4.31 Å². The number of methoxy groups -OCH3 is 1. The predicted molar refractivity (Wildman–Crippen MR) is 104 cm³/mol. The first-order valence-corrected chi connectivity index (χ1v) is 10.1. The molecule has 0 bridgehead atoms. The summed E-state index contributed by atoms with van der Waals surface area (Å²) in [7, 11) is -2.52. The standard InChI is InChI=1S/C18H19N3O7S/c1-27-16-7-2-13(12-17(16)29(25,26)20-8-10-28-11-9-20)18(22)19-14-3-5-15(6-4-14)21(23)24/h2-7,12H,8-11H2,1H3,(H,19,22). The summed E-state index contributed by atoms with van der Waals surface area (Å²) < 4.78 is 37.7. The number of amides is 1. The van der Waals surface area contributed by atoms with Gasteiger partial charge in [-0.2, -0.15) is 4.31 Å². The molecule has 0 saturated carbocycles. The first-order valence-electron chi connectivity index (χ1n) is 8.64. The van der Waals surface area contributed by atoms with E-state index in [4.69, 9.17) is 9.47 Å². The zero-order valence-corrected chi connectivity index (χ0v) is 16.3. The second-order valence-corrected chi connectivity index (χ2v) is 8.05. The molecule has 0 aromatic heterocycles. The maximum Gasteiger partial charge on any atom is 0.269 e. The van der Waals surface area contributed by atoms with Gasteiger partial charge in [-0.15, -0.1) is 0 Å². The second-order valence-electron chi connectivity index (χ2n) is 6.14. The van der Waals surface area contributed by atoms with Gasteiger partial charge in [0, 0.05) is 36.5 Å². The van der Waals surface area contributed by atoms with Gasteiger partial charge in [0.05, 0.1) is 25.2 Å². The van der Waals surface area contributed by atoms with Crippen molar-refractivity contribution in [2.45, 2.75) is 4.90 Å². The summed E-state index contributed by atoms with van der Waals surface area (Å²) in [6, 6.07) is 9.42. The number of nitro groups is 1. The molecule has 1 fully saturated rings. The number of carbonyl (C=O) groups excluding carboxylic acids is 1. The number of nitrogens with one attached hydrogen (secondary N) is 1. The summed E-state index contributed by atoms with van der Waals surface area (Å²) in [4.78, 5) is 22.6. The minimum absolute atomic E-state index is 0.105. The van der Waals surface area contributed by atoms with Crippen LogP contribution < -0.4 is 10.1 Å². The number of benzene rings is 2. The van der Waals surface area contributed by atoms with Crippen molar-refractivity contribution < 1.29 is 27.6 Å². The van der Waals surface area contributed by atoms with Crippen LogP contribution in [0, 0.1) is 10.1 Å². The molecular weight excluding hydrogens is 402 g/mol. The van der Waals surface area contributed by atoms with Gasteiger partial charge in [-0.3, -0.25) is 14.9 Å². The summed E-state index contributed by atoms with van der Waals surface area (Å²) in [6.45, 7) is 1.01. The maximum absolute atomic E-state index is 13.0. The zero-order valence-electron chi connectivity index (χ0n) is 15.5. The van der Waals surface area contributed by atoms with E-state index in [1.807, 2.05) is 0 Å². The summed E-state index contributed by atoms with van der Waals surface area (Å²) in [5.41, 5.74) is 0.344. The summed E-state index contributed by atoms with van der Waals surface area (Å²) in [5.74, 6) is -0.427. The van der Waals surface area contributed by atoms with E-state index in [0.29, 0.717) is 18.9 Å². The van der Waals surface area contributed by atoms with Crippen molar-refractivity contribution >= 4 is 27.3 Å². The molecule has 0 radical (unpaired) electrons. The highest BCUT2D eigenvalue weighted by atomic mass is 32.2. The molecular formula is C18H19N3O7S. The van der Waals surface area contributed by atoms with Crippen LogP contribution in [0.2, 0.25) is 0 Å². The number of non-ortho nitro benzene ring substituents is 1. The van der Waals surface area contributed by atoms with Gasteiger partial charge in [0.2, 0.25) is 10.0 Å². The van der Waals surface area contributed by atoms with Gasteiger partial charge in [0.25, 0.3) is 11.6 Å². The van der Waals surface area contributed by atoms with Gasteiger partial charge in [-0.25, -0.2) is 8.42 Å². The van der Waals surface area contributed by atoms with E-state index >= 15 is 0 Å². The zero-order chi connectivity index (χ0) is 21.0. The third kappa shape index (κ3) is 4.53. The Kier molecular flexibility index (Phi) is 6.11. The quantitative estimate of drug-likeness (QED) is 0.557. The number of carbonyl (C=O) groups is 1. The number of morpholine rings is 1. The number of sulfonamides is 1. The molecule has 29 heavy (non-hydrogen) atoms. The number of nitrogens with zero attached hydrogens (tertiary/aromatic N) is 2. The lowest BCUT2D eigenvalue weighted by Gasteiger charge is -2.26. The molecule has 1 aliphatic heterocycles. The van der Waals surface area contributed by atoms with Crippen LogP contribution in [0.25, 0.3) is 0 Å². The van der Waals surface area contributed by atoms with Crippen LogP contribution in [0.5, 0.6) is 5.75 Å². The van der Waals surface area contributed by atoms with Gasteiger partial charge in [-0.1, -0.05) is 0 Å². The van der Waals surface area contributed by atoms with Crippen LogP contribution in [0.1, 0.15) is 10.4 Å². The number of rotatable bonds is 6. The third-order valence-corrected chi connectivity index (χ3v) is 6.27. The Morgan fingerprint density at radius 2 is 1.83 bits per heavy atom. The maximum atomic E-state index is 13.0. The van der Waals surface area contributed by atoms with Crippen LogP contribution in [0.3, 0.4) is 0 Å². The Hall–Kier alpha value is -3.02. The number of ether oxygens (including phenoxy) is 2. The molecule has 1 amide bonds. The average molecular weight is 421 g/mol.